The van der Waals surface area contributed by atoms with Gasteiger partial charge in [0.05, 0.1) is 11.1 Å². The highest BCUT2D eigenvalue weighted by molar-refractivity contribution is 6.00. The van der Waals surface area contributed by atoms with Crippen LogP contribution in [0, 0.1) is 0 Å². The summed E-state index contributed by atoms with van der Waals surface area (Å²) in [5.41, 5.74) is -1.12. The molecule has 0 atom stereocenters. The minimum Gasteiger partial charge on any atom is -0.478 e. The number of benzene rings is 1. The van der Waals surface area contributed by atoms with E-state index in [1.165, 1.54) is 0 Å². The smallest absolute Gasteiger partial charge is 0.372 e. The molecule has 0 saturated heterocycles. The molecule has 0 bridgehead atoms. The highest BCUT2D eigenvalue weighted by Crippen LogP contribution is 2.29. The van der Waals surface area contributed by atoms with E-state index < -0.39 is 46.5 Å². The third-order valence-corrected chi connectivity index (χ3v) is 2.88. The Hall–Kier alpha value is -3.62. The number of hydrogen-bond donors (Lipinski definition) is 4. The fourth-order valence-corrected chi connectivity index (χ4v) is 1.90. The van der Waals surface area contributed by atoms with Crippen LogP contribution in [0.25, 0.3) is 11.1 Å². The molecule has 0 fully saturated rings. The lowest BCUT2D eigenvalue weighted by molar-refractivity contribution is 0.0627. The van der Waals surface area contributed by atoms with Gasteiger partial charge in [-0.2, -0.15) is 0 Å². The van der Waals surface area contributed by atoms with Gasteiger partial charge < -0.3 is 24.8 Å². The summed E-state index contributed by atoms with van der Waals surface area (Å²) in [6.07, 6.45) is 0. The van der Waals surface area contributed by atoms with Crippen molar-refractivity contribution in [2.75, 3.05) is 0 Å². The topological polar surface area (TPSA) is 162 Å². The van der Waals surface area contributed by atoms with E-state index in [0.717, 1.165) is 24.3 Å². The number of furan rings is 1. The van der Waals surface area contributed by atoms with Crippen molar-refractivity contribution in [2.45, 2.75) is 0 Å². The Morgan fingerprint density at radius 2 is 1.22 bits per heavy atom. The van der Waals surface area contributed by atoms with E-state index in [-0.39, 0.29) is 11.1 Å². The zero-order valence-electron chi connectivity index (χ0n) is 11.1. The average Bonchev–Trinajstić information content (AvgIpc) is 2.92. The van der Waals surface area contributed by atoms with Gasteiger partial charge in [-0.1, -0.05) is 0 Å². The molecule has 1 heterocycles. The Balaban J connectivity index is 2.75. The number of carboxylic acid groups (broad SMARTS) is 4. The Kier molecular flexibility index (Phi) is 3.86. The molecule has 2 rings (SSSR count). The fourth-order valence-electron chi connectivity index (χ4n) is 1.90. The van der Waals surface area contributed by atoms with Crippen LogP contribution in [-0.4, -0.2) is 44.3 Å². The van der Waals surface area contributed by atoms with E-state index in [2.05, 4.69) is 0 Å². The second kappa shape index (κ2) is 5.64. The predicted molar refractivity (Wildman–Crippen MR) is 72.0 cm³/mol. The van der Waals surface area contributed by atoms with Crippen molar-refractivity contribution in [1.29, 1.82) is 0 Å². The molecule has 0 aliphatic heterocycles. The molecule has 1 aromatic heterocycles. The first kappa shape index (κ1) is 15.8. The lowest BCUT2D eigenvalue weighted by Crippen LogP contribution is -2.04. The molecule has 1 aromatic carbocycles. The first-order valence-electron chi connectivity index (χ1n) is 5.93. The summed E-state index contributed by atoms with van der Waals surface area (Å²) in [5.74, 6) is -7.35. The molecule has 2 aromatic rings. The lowest BCUT2D eigenvalue weighted by atomic mass is 9.99. The van der Waals surface area contributed by atoms with E-state index in [1.54, 1.807) is 0 Å². The molecule has 0 spiro atoms. The van der Waals surface area contributed by atoms with Crippen molar-refractivity contribution >= 4 is 23.9 Å². The number of hydrogen-bond acceptors (Lipinski definition) is 5. The van der Waals surface area contributed by atoms with E-state index in [0.29, 0.717) is 0 Å². The Bertz CT molecular complexity index is 812. The van der Waals surface area contributed by atoms with Gasteiger partial charge in [-0.3, -0.25) is 0 Å². The van der Waals surface area contributed by atoms with Gasteiger partial charge in [0.1, 0.15) is 0 Å². The highest BCUT2D eigenvalue weighted by Gasteiger charge is 2.23. The van der Waals surface area contributed by atoms with Crippen LogP contribution in [0.5, 0.6) is 0 Å². The minimum absolute atomic E-state index is 0.101. The van der Waals surface area contributed by atoms with Crippen molar-refractivity contribution in [2.24, 2.45) is 0 Å². The van der Waals surface area contributed by atoms with Crippen LogP contribution in [0.4, 0.5) is 0 Å². The molecule has 9 nitrogen and oxygen atoms in total. The normalized spacial score (nSPS) is 10.3. The lowest BCUT2D eigenvalue weighted by Gasteiger charge is -2.04. The van der Waals surface area contributed by atoms with Gasteiger partial charge in [-0.05, 0) is 23.8 Å². The predicted octanol–water partition coefficient (Wildman–Crippen LogP) is 1.74. The summed E-state index contributed by atoms with van der Waals surface area (Å²) in [7, 11) is 0. The Labute approximate surface area is 127 Å². The van der Waals surface area contributed by atoms with Crippen LogP contribution >= 0.6 is 0 Å². The van der Waals surface area contributed by atoms with Gasteiger partial charge in [-0.15, -0.1) is 0 Å². The number of carbonyl (C=O) groups is 4. The average molecular weight is 320 g/mol. The molecule has 0 unspecified atom stereocenters. The standard InChI is InChI=1S/C14H8O9/c15-11(16)6-1-5(2-7(3-6)12(17)18)8-4-9(13(19)20)23-10(8)14(21)22/h1-4H,(H,15,16)(H,17,18)(H,19,20)(H,21,22). The molecular formula is C14H8O9. The third-order valence-electron chi connectivity index (χ3n) is 2.88. The summed E-state index contributed by atoms with van der Waals surface area (Å²) in [4.78, 5) is 44.2. The summed E-state index contributed by atoms with van der Waals surface area (Å²) in [5, 5.41) is 35.9. The van der Waals surface area contributed by atoms with Gasteiger partial charge in [0.15, 0.2) is 0 Å². The Morgan fingerprint density at radius 3 is 1.61 bits per heavy atom. The summed E-state index contributed by atoms with van der Waals surface area (Å²) in [6.45, 7) is 0. The quantitative estimate of drug-likeness (QED) is 0.642. The molecule has 23 heavy (non-hydrogen) atoms. The van der Waals surface area contributed by atoms with E-state index in [1.807, 2.05) is 0 Å². The molecule has 0 aliphatic rings. The number of aromatic carboxylic acids is 4. The van der Waals surface area contributed by atoms with Gasteiger partial charge in [0.25, 0.3) is 0 Å². The van der Waals surface area contributed by atoms with Gasteiger partial charge in [0.2, 0.25) is 11.5 Å². The first-order valence-corrected chi connectivity index (χ1v) is 5.93. The third kappa shape index (κ3) is 3.02. The molecule has 9 heteroatoms. The second-order valence-electron chi connectivity index (χ2n) is 4.37. The molecule has 0 saturated carbocycles. The SMILES string of the molecule is O=C(O)c1cc(C(=O)O)cc(-c2cc(C(=O)O)oc2C(=O)O)c1. The van der Waals surface area contributed by atoms with Crippen LogP contribution in [0.3, 0.4) is 0 Å². The molecule has 0 amide bonds. The number of carboxylic acids is 4. The maximum Gasteiger partial charge on any atom is 0.372 e. The molecule has 4 N–H and O–H groups in total. The van der Waals surface area contributed by atoms with Crippen molar-refractivity contribution in [1.82, 2.24) is 0 Å². The fraction of sp³-hybridized carbons (Fsp3) is 0. The zero-order valence-corrected chi connectivity index (χ0v) is 11.1. The summed E-state index contributed by atoms with van der Waals surface area (Å²) >= 11 is 0. The number of rotatable bonds is 5. The van der Waals surface area contributed by atoms with Crippen LogP contribution in [0.15, 0.2) is 28.7 Å². The van der Waals surface area contributed by atoms with Crippen molar-refractivity contribution < 1.29 is 44.0 Å². The molecule has 118 valence electrons. The van der Waals surface area contributed by atoms with Crippen LogP contribution < -0.4 is 0 Å². The summed E-state index contributed by atoms with van der Waals surface area (Å²) in [6, 6.07) is 3.83. The molecular weight excluding hydrogens is 312 g/mol. The van der Waals surface area contributed by atoms with E-state index in [9.17, 15) is 19.2 Å². The second-order valence-corrected chi connectivity index (χ2v) is 4.37. The Morgan fingerprint density at radius 1 is 0.696 bits per heavy atom. The van der Waals surface area contributed by atoms with E-state index in [4.69, 9.17) is 24.8 Å². The van der Waals surface area contributed by atoms with Gasteiger partial charge in [0, 0.05) is 11.6 Å². The van der Waals surface area contributed by atoms with Crippen LogP contribution in [0.1, 0.15) is 41.8 Å². The van der Waals surface area contributed by atoms with Crippen LogP contribution in [-0.2, 0) is 0 Å². The minimum atomic E-state index is -1.58. The van der Waals surface area contributed by atoms with Crippen LogP contribution in [0.2, 0.25) is 0 Å². The molecule has 0 aliphatic carbocycles. The largest absolute Gasteiger partial charge is 0.478 e. The van der Waals surface area contributed by atoms with Gasteiger partial charge in [-0.25, -0.2) is 19.2 Å². The van der Waals surface area contributed by atoms with Crippen molar-refractivity contribution in [3.63, 3.8) is 0 Å². The van der Waals surface area contributed by atoms with E-state index >= 15 is 0 Å². The van der Waals surface area contributed by atoms with Crippen molar-refractivity contribution in [3.05, 3.63) is 46.9 Å². The van der Waals surface area contributed by atoms with Crippen molar-refractivity contribution in [3.8, 4) is 11.1 Å². The first-order chi connectivity index (χ1) is 10.7. The maximum absolute atomic E-state index is 11.1. The molecule has 0 radical (unpaired) electrons. The summed E-state index contributed by atoms with van der Waals surface area (Å²) < 4.78 is 4.70. The zero-order chi connectivity index (χ0) is 17.3. The monoisotopic (exact) mass is 320 g/mol. The van der Waals surface area contributed by atoms with Gasteiger partial charge >= 0.3 is 23.9 Å². The maximum atomic E-state index is 11.1. The highest BCUT2D eigenvalue weighted by atomic mass is 16.4.